The summed E-state index contributed by atoms with van der Waals surface area (Å²) in [6, 6.07) is 0.184. The fourth-order valence-corrected chi connectivity index (χ4v) is 2.14. The molecule has 1 unspecified atom stereocenters. The highest BCUT2D eigenvalue weighted by Gasteiger charge is 2.25. The molecule has 0 spiro atoms. The van der Waals surface area contributed by atoms with Gasteiger partial charge < -0.3 is 5.73 Å². The minimum atomic E-state index is 0.184. The summed E-state index contributed by atoms with van der Waals surface area (Å²) in [5, 5.41) is 0. The third kappa shape index (κ3) is 1.67. The van der Waals surface area contributed by atoms with Crippen LogP contribution >= 0.6 is 11.3 Å². The van der Waals surface area contributed by atoms with Gasteiger partial charge in [0, 0.05) is 10.9 Å². The predicted octanol–water partition coefficient (Wildman–Crippen LogP) is 2.25. The highest BCUT2D eigenvalue weighted by molar-refractivity contribution is 7.09. The van der Waals surface area contributed by atoms with Gasteiger partial charge in [-0.25, -0.2) is 4.98 Å². The first-order valence-corrected chi connectivity index (χ1v) is 5.31. The molecule has 0 radical (unpaired) electrons. The summed E-state index contributed by atoms with van der Waals surface area (Å²) < 4.78 is 0. The molecule has 0 saturated heterocycles. The molecular formula is C9H14N2S. The number of hydrogen-bond acceptors (Lipinski definition) is 3. The molecule has 0 aromatic carbocycles. The Labute approximate surface area is 76.8 Å². The lowest BCUT2D eigenvalue weighted by molar-refractivity contribution is 0.584. The van der Waals surface area contributed by atoms with Gasteiger partial charge in [0.25, 0.3) is 0 Å². The van der Waals surface area contributed by atoms with E-state index < -0.39 is 0 Å². The highest BCUT2D eigenvalue weighted by atomic mass is 32.1. The van der Waals surface area contributed by atoms with E-state index in [9.17, 15) is 0 Å². The molecule has 1 aliphatic rings. The van der Waals surface area contributed by atoms with Gasteiger partial charge in [0.15, 0.2) is 0 Å². The molecule has 0 bridgehead atoms. The van der Waals surface area contributed by atoms with Gasteiger partial charge in [-0.1, -0.05) is 12.8 Å². The molecule has 2 N–H and O–H groups in total. The minimum absolute atomic E-state index is 0.184. The van der Waals surface area contributed by atoms with Gasteiger partial charge in [0.05, 0.1) is 11.2 Å². The summed E-state index contributed by atoms with van der Waals surface area (Å²) >= 11 is 1.69. The lowest BCUT2D eigenvalue weighted by Crippen LogP contribution is -2.12. The Balaban J connectivity index is 2.02. The normalized spacial score (nSPS) is 19.5. The fraction of sp³-hybridized carbons (Fsp3) is 0.667. The Bertz CT molecular complexity index is 265. The van der Waals surface area contributed by atoms with E-state index >= 15 is 0 Å². The maximum Gasteiger partial charge on any atom is 0.0798 e. The van der Waals surface area contributed by atoms with Crippen LogP contribution < -0.4 is 5.73 Å². The minimum Gasteiger partial charge on any atom is -0.323 e. The number of nitrogens with zero attached hydrogens (tertiary/aromatic N) is 1. The molecule has 1 saturated carbocycles. The second kappa shape index (κ2) is 3.15. The highest BCUT2D eigenvalue weighted by Crippen LogP contribution is 2.37. The number of hydrogen-bond donors (Lipinski definition) is 1. The summed E-state index contributed by atoms with van der Waals surface area (Å²) in [4.78, 5) is 5.57. The lowest BCUT2D eigenvalue weighted by atomic mass is 10.1. The first-order chi connectivity index (χ1) is 5.77. The van der Waals surface area contributed by atoms with Gasteiger partial charge in [-0.15, -0.1) is 11.3 Å². The monoisotopic (exact) mass is 182 g/mol. The van der Waals surface area contributed by atoms with Gasteiger partial charge in [-0.2, -0.15) is 0 Å². The molecule has 2 nitrogen and oxygen atoms in total. The van der Waals surface area contributed by atoms with Crippen LogP contribution in [0.15, 0.2) is 5.51 Å². The SMILES string of the molecule is Cc1scnc1C(N)CC1CC1. The Hall–Kier alpha value is -0.410. The van der Waals surface area contributed by atoms with Gasteiger partial charge in [-0.05, 0) is 19.3 Å². The maximum absolute atomic E-state index is 6.03. The van der Waals surface area contributed by atoms with Gasteiger partial charge >= 0.3 is 0 Å². The van der Waals surface area contributed by atoms with Gasteiger partial charge in [0.1, 0.15) is 0 Å². The molecule has 3 heteroatoms. The second-order valence-electron chi connectivity index (χ2n) is 3.58. The number of thiazole rings is 1. The molecular weight excluding hydrogens is 168 g/mol. The molecule has 1 atom stereocenters. The molecule has 0 aliphatic heterocycles. The standard InChI is InChI=1S/C9H14N2S/c1-6-9(11-5-12-6)8(10)4-7-2-3-7/h5,7-8H,2-4,10H2,1H3. The van der Waals surface area contributed by atoms with E-state index in [0.717, 1.165) is 18.0 Å². The second-order valence-corrected chi connectivity index (χ2v) is 4.64. The van der Waals surface area contributed by atoms with E-state index in [4.69, 9.17) is 5.73 Å². The van der Waals surface area contributed by atoms with Crippen LogP contribution in [0.1, 0.15) is 35.9 Å². The molecule has 1 aromatic heterocycles. The van der Waals surface area contributed by atoms with E-state index in [-0.39, 0.29) is 6.04 Å². The van der Waals surface area contributed by atoms with Crippen molar-refractivity contribution in [3.63, 3.8) is 0 Å². The third-order valence-corrected chi connectivity index (χ3v) is 3.19. The van der Waals surface area contributed by atoms with Crippen molar-refractivity contribution in [3.05, 3.63) is 16.1 Å². The average Bonchev–Trinajstić information content (AvgIpc) is 2.72. The first-order valence-electron chi connectivity index (χ1n) is 4.43. The van der Waals surface area contributed by atoms with Crippen molar-refractivity contribution in [1.82, 2.24) is 4.98 Å². The van der Waals surface area contributed by atoms with E-state index in [1.54, 1.807) is 11.3 Å². The van der Waals surface area contributed by atoms with Crippen molar-refractivity contribution >= 4 is 11.3 Å². The summed E-state index contributed by atoms with van der Waals surface area (Å²) in [5.74, 6) is 0.890. The molecule has 12 heavy (non-hydrogen) atoms. The number of aryl methyl sites for hydroxylation is 1. The van der Waals surface area contributed by atoms with Crippen LogP contribution in [0.2, 0.25) is 0 Å². The number of nitrogens with two attached hydrogens (primary N) is 1. The van der Waals surface area contributed by atoms with Gasteiger partial charge in [0.2, 0.25) is 0 Å². The molecule has 1 fully saturated rings. The zero-order chi connectivity index (χ0) is 8.55. The Morgan fingerprint density at radius 3 is 3.00 bits per heavy atom. The van der Waals surface area contributed by atoms with E-state index in [1.165, 1.54) is 17.7 Å². The zero-order valence-corrected chi connectivity index (χ0v) is 8.10. The van der Waals surface area contributed by atoms with Crippen molar-refractivity contribution in [2.24, 2.45) is 11.7 Å². The predicted molar refractivity (Wildman–Crippen MR) is 51.1 cm³/mol. The molecule has 2 rings (SSSR count). The summed E-state index contributed by atoms with van der Waals surface area (Å²) in [6.45, 7) is 2.10. The number of aromatic nitrogens is 1. The number of rotatable bonds is 3. The van der Waals surface area contributed by atoms with Crippen LogP contribution in [0, 0.1) is 12.8 Å². The van der Waals surface area contributed by atoms with Crippen molar-refractivity contribution in [1.29, 1.82) is 0 Å². The van der Waals surface area contributed by atoms with Crippen LogP contribution in [0.4, 0.5) is 0 Å². The Kier molecular flexibility index (Phi) is 2.15. The van der Waals surface area contributed by atoms with Crippen molar-refractivity contribution in [3.8, 4) is 0 Å². The molecule has 0 amide bonds. The van der Waals surface area contributed by atoms with Crippen molar-refractivity contribution in [2.75, 3.05) is 0 Å². The van der Waals surface area contributed by atoms with E-state index in [0.29, 0.717) is 0 Å². The largest absolute Gasteiger partial charge is 0.323 e. The smallest absolute Gasteiger partial charge is 0.0798 e. The van der Waals surface area contributed by atoms with Gasteiger partial charge in [-0.3, -0.25) is 0 Å². The lowest BCUT2D eigenvalue weighted by Gasteiger charge is -2.08. The topological polar surface area (TPSA) is 38.9 Å². The van der Waals surface area contributed by atoms with Crippen LogP contribution in [0.5, 0.6) is 0 Å². The zero-order valence-electron chi connectivity index (χ0n) is 7.29. The van der Waals surface area contributed by atoms with Crippen molar-refractivity contribution < 1.29 is 0 Å². The molecule has 1 aromatic rings. The van der Waals surface area contributed by atoms with Crippen LogP contribution in [-0.2, 0) is 0 Å². The summed E-state index contributed by atoms with van der Waals surface area (Å²) in [7, 11) is 0. The molecule has 66 valence electrons. The third-order valence-electron chi connectivity index (χ3n) is 2.42. The summed E-state index contributed by atoms with van der Waals surface area (Å²) in [6.07, 6.45) is 3.87. The Morgan fingerprint density at radius 2 is 2.50 bits per heavy atom. The molecule has 1 aliphatic carbocycles. The average molecular weight is 182 g/mol. The van der Waals surface area contributed by atoms with Crippen LogP contribution in [-0.4, -0.2) is 4.98 Å². The fourth-order valence-electron chi connectivity index (χ4n) is 1.49. The Morgan fingerprint density at radius 1 is 1.75 bits per heavy atom. The van der Waals surface area contributed by atoms with Crippen LogP contribution in [0.25, 0.3) is 0 Å². The van der Waals surface area contributed by atoms with Crippen LogP contribution in [0.3, 0.4) is 0 Å². The van der Waals surface area contributed by atoms with E-state index in [1.807, 2.05) is 5.51 Å². The van der Waals surface area contributed by atoms with Crippen molar-refractivity contribution in [2.45, 2.75) is 32.2 Å². The van der Waals surface area contributed by atoms with E-state index in [2.05, 4.69) is 11.9 Å². The molecule has 1 heterocycles. The quantitative estimate of drug-likeness (QED) is 0.778. The summed E-state index contributed by atoms with van der Waals surface area (Å²) in [5.41, 5.74) is 9.03. The maximum atomic E-state index is 6.03. The first kappa shape index (κ1) is 8.20.